The van der Waals surface area contributed by atoms with Gasteiger partial charge in [-0.2, -0.15) is 0 Å². The fourth-order valence-electron chi connectivity index (χ4n) is 4.58. The van der Waals surface area contributed by atoms with Gasteiger partial charge in [0.25, 0.3) is 0 Å². The molecule has 3 rings (SSSR count). The maximum atomic E-state index is 14.3. The minimum absolute atomic E-state index is 0.0865. The van der Waals surface area contributed by atoms with Crippen LogP contribution in [0, 0.1) is 11.6 Å². The first-order valence-electron chi connectivity index (χ1n) is 13.5. The van der Waals surface area contributed by atoms with Gasteiger partial charge in [0.1, 0.15) is 29.8 Å². The summed E-state index contributed by atoms with van der Waals surface area (Å²) in [6.45, 7) is 6.29. The molecule has 3 amide bonds. The van der Waals surface area contributed by atoms with Gasteiger partial charge in [0.15, 0.2) is 0 Å². The van der Waals surface area contributed by atoms with E-state index in [-0.39, 0.29) is 37.6 Å². The monoisotopic (exact) mass is 561 g/mol. The van der Waals surface area contributed by atoms with Gasteiger partial charge in [-0.3, -0.25) is 9.69 Å². The lowest BCUT2D eigenvalue weighted by atomic mass is 10.1. The van der Waals surface area contributed by atoms with Gasteiger partial charge in [0.05, 0.1) is 19.7 Å². The molecule has 1 unspecified atom stereocenters. The lowest BCUT2D eigenvalue weighted by molar-refractivity contribution is -0.171. The number of nitrogens with one attached hydrogen (secondary N) is 1. The number of hydrogen-bond donors (Lipinski definition) is 1. The quantitative estimate of drug-likeness (QED) is 0.417. The zero-order chi connectivity index (χ0) is 29.8. The van der Waals surface area contributed by atoms with Crippen molar-refractivity contribution in [2.45, 2.75) is 58.9 Å². The van der Waals surface area contributed by atoms with E-state index in [1.54, 1.807) is 38.2 Å². The zero-order valence-corrected chi connectivity index (χ0v) is 24.2. The van der Waals surface area contributed by atoms with E-state index >= 15 is 0 Å². The molecule has 11 heteroatoms. The minimum atomic E-state index is -0.840. The normalized spacial score (nSPS) is 16.3. The third kappa shape index (κ3) is 8.46. The highest BCUT2D eigenvalue weighted by Crippen LogP contribution is 2.23. The summed E-state index contributed by atoms with van der Waals surface area (Å²) < 4.78 is 32.9. The molecule has 220 valence electrons. The van der Waals surface area contributed by atoms with Gasteiger partial charge in [0, 0.05) is 38.3 Å². The van der Waals surface area contributed by atoms with Crippen molar-refractivity contribution in [1.29, 1.82) is 0 Å². The first kappa shape index (κ1) is 32.6. The van der Waals surface area contributed by atoms with Crippen molar-refractivity contribution in [1.82, 2.24) is 25.1 Å². The molecule has 2 aromatic carbocycles. The van der Waals surface area contributed by atoms with E-state index in [0.29, 0.717) is 18.6 Å². The molecule has 2 aromatic rings. The van der Waals surface area contributed by atoms with Crippen LogP contribution in [0.25, 0.3) is 0 Å². The van der Waals surface area contributed by atoms with Gasteiger partial charge in [-0.05, 0) is 37.2 Å². The summed E-state index contributed by atoms with van der Waals surface area (Å²) in [7, 11) is 4.91. The molecule has 2 atom stereocenters. The first-order valence-corrected chi connectivity index (χ1v) is 13.5. The number of benzene rings is 2. The van der Waals surface area contributed by atoms with Crippen molar-refractivity contribution in [3.8, 4) is 5.75 Å². The van der Waals surface area contributed by atoms with Gasteiger partial charge in [-0.25, -0.2) is 23.6 Å². The van der Waals surface area contributed by atoms with Crippen LogP contribution in [-0.2, 0) is 22.7 Å². The van der Waals surface area contributed by atoms with E-state index in [1.165, 1.54) is 27.1 Å². The molecule has 1 aliphatic rings. The van der Waals surface area contributed by atoms with Crippen LogP contribution in [-0.4, -0.2) is 84.5 Å². The highest BCUT2D eigenvalue weighted by atomic mass is 19.1. The summed E-state index contributed by atoms with van der Waals surface area (Å²) in [6.07, 6.45) is 0.989. The van der Waals surface area contributed by atoms with Gasteiger partial charge in [-0.1, -0.05) is 45.4 Å². The first-order chi connectivity index (χ1) is 19.2. The predicted octanol–water partition coefficient (Wildman–Crippen LogP) is 4.03. The van der Waals surface area contributed by atoms with E-state index in [9.17, 15) is 23.2 Å². The highest BCUT2D eigenvalue weighted by molar-refractivity contribution is 5.84. The molecule has 40 heavy (non-hydrogen) atoms. The molecule has 1 N–H and O–H groups in total. The number of rotatable bonds is 11. The van der Waals surface area contributed by atoms with Crippen LogP contribution in [0.3, 0.4) is 0 Å². The van der Waals surface area contributed by atoms with Crippen molar-refractivity contribution in [3.63, 3.8) is 0 Å². The van der Waals surface area contributed by atoms with Gasteiger partial charge >= 0.3 is 6.03 Å². The van der Waals surface area contributed by atoms with Crippen molar-refractivity contribution in [2.24, 2.45) is 0 Å². The Morgan fingerprint density at radius 3 is 2.45 bits per heavy atom. The number of halogens is 2. The molecule has 9 nitrogen and oxygen atoms in total. The molecular weight excluding hydrogens is 520 g/mol. The Morgan fingerprint density at radius 1 is 1.20 bits per heavy atom. The van der Waals surface area contributed by atoms with E-state index in [4.69, 9.17) is 4.74 Å². The number of methoxy groups -OCH3 is 1. The fourth-order valence-corrected chi connectivity index (χ4v) is 4.58. The molecule has 0 radical (unpaired) electrons. The number of amides is 3. The fraction of sp³-hybridized carbons (Fsp3) is 0.483. The Labute approximate surface area is 235 Å². The number of aldehydes is 1. The summed E-state index contributed by atoms with van der Waals surface area (Å²) in [5.74, 6) is -0.950. The molecule has 1 aliphatic heterocycles. The summed E-state index contributed by atoms with van der Waals surface area (Å²) in [5, 5.41) is 5.83. The standard InChI is InChI=1S/C27H35F2N5O4.C2H6/c1-5-6-22(18-35)33-25(16-31(2)15-20-9-10-21(28)13-24(20)29)34(32(3)17-26(33)36)27(37)30-14-19-7-11-23(38-4)12-8-19;1-2/h7-13,18,22,25H,5-6,14-17H2,1-4H3,(H,30,37);1-2H3/t22-,25?;/m0./s1. The third-order valence-corrected chi connectivity index (χ3v) is 6.46. The number of hydrogen-bond acceptors (Lipinski definition) is 6. The van der Waals surface area contributed by atoms with E-state index in [2.05, 4.69) is 5.32 Å². The Balaban J connectivity index is 0.00000274. The third-order valence-electron chi connectivity index (χ3n) is 6.46. The average molecular weight is 562 g/mol. The molecule has 0 spiro atoms. The van der Waals surface area contributed by atoms with Crippen LogP contribution in [0.1, 0.15) is 44.7 Å². The van der Waals surface area contributed by atoms with Crippen molar-refractivity contribution in [3.05, 3.63) is 65.2 Å². The molecule has 0 aliphatic carbocycles. The predicted molar refractivity (Wildman–Crippen MR) is 149 cm³/mol. The Kier molecular flexibility index (Phi) is 13.0. The van der Waals surface area contributed by atoms with E-state index in [1.807, 2.05) is 32.9 Å². The number of carbonyl (C=O) groups excluding carboxylic acids is 3. The van der Waals surface area contributed by atoms with Crippen LogP contribution < -0.4 is 10.1 Å². The second kappa shape index (κ2) is 15.9. The topological polar surface area (TPSA) is 85.4 Å². The molecule has 1 fully saturated rings. The number of likely N-dealkylation sites (N-methyl/N-ethyl adjacent to an activating group) is 2. The summed E-state index contributed by atoms with van der Waals surface area (Å²) in [6, 6.07) is 9.44. The van der Waals surface area contributed by atoms with Crippen LogP contribution in [0.2, 0.25) is 0 Å². The summed E-state index contributed by atoms with van der Waals surface area (Å²) in [4.78, 5) is 41.8. The number of carbonyl (C=O) groups is 3. The molecule has 1 heterocycles. The Hall–Kier alpha value is -3.57. The number of urea groups is 1. The number of nitrogens with zero attached hydrogens (tertiary/aromatic N) is 4. The molecule has 0 bridgehead atoms. The van der Waals surface area contributed by atoms with Crippen LogP contribution >= 0.6 is 0 Å². The zero-order valence-electron chi connectivity index (χ0n) is 24.2. The van der Waals surface area contributed by atoms with Crippen LogP contribution in [0.5, 0.6) is 5.75 Å². The van der Waals surface area contributed by atoms with Gasteiger partial charge < -0.3 is 19.7 Å². The second-order valence-electron chi connectivity index (χ2n) is 9.37. The molecular formula is C29H41F2N5O4. The summed E-state index contributed by atoms with van der Waals surface area (Å²) in [5.41, 5.74) is 1.12. The number of ether oxygens (including phenoxy) is 1. The molecule has 0 aromatic heterocycles. The summed E-state index contributed by atoms with van der Waals surface area (Å²) >= 11 is 0. The van der Waals surface area contributed by atoms with Crippen LogP contribution in [0.15, 0.2) is 42.5 Å². The Bertz CT molecular complexity index is 1120. The van der Waals surface area contributed by atoms with Gasteiger partial charge in [0.2, 0.25) is 5.91 Å². The van der Waals surface area contributed by atoms with Crippen molar-refractivity contribution < 1.29 is 27.9 Å². The molecule has 0 saturated carbocycles. The number of hydrazine groups is 1. The van der Waals surface area contributed by atoms with Crippen molar-refractivity contribution in [2.75, 3.05) is 34.3 Å². The smallest absolute Gasteiger partial charge is 0.334 e. The second-order valence-corrected chi connectivity index (χ2v) is 9.37. The van der Waals surface area contributed by atoms with Crippen molar-refractivity contribution >= 4 is 18.2 Å². The Morgan fingerprint density at radius 2 is 1.88 bits per heavy atom. The van der Waals surface area contributed by atoms with Gasteiger partial charge in [-0.15, -0.1) is 0 Å². The lowest BCUT2D eigenvalue weighted by Crippen LogP contribution is -2.71. The molecule has 1 saturated heterocycles. The van der Waals surface area contributed by atoms with E-state index < -0.39 is 29.9 Å². The minimum Gasteiger partial charge on any atom is -0.497 e. The highest BCUT2D eigenvalue weighted by Gasteiger charge is 2.43. The average Bonchev–Trinajstić information content (AvgIpc) is 2.94. The van der Waals surface area contributed by atoms with Crippen LogP contribution in [0.4, 0.5) is 13.6 Å². The largest absolute Gasteiger partial charge is 0.497 e. The lowest BCUT2D eigenvalue weighted by Gasteiger charge is -2.50. The van der Waals surface area contributed by atoms with E-state index in [0.717, 1.165) is 17.9 Å². The SMILES string of the molecule is CC.CCC[C@@H](C=O)N1C(=O)CN(C)N(C(=O)NCc2ccc(OC)cc2)C1CN(C)Cc1ccc(F)cc1F. The maximum Gasteiger partial charge on any atom is 0.334 e. The maximum absolute atomic E-state index is 14.3.